The summed E-state index contributed by atoms with van der Waals surface area (Å²) in [6, 6.07) is 11.5. The lowest BCUT2D eigenvalue weighted by Crippen LogP contribution is -2.30. The number of nitrogens with zero attached hydrogens (tertiary/aromatic N) is 4. The van der Waals surface area contributed by atoms with Gasteiger partial charge in [0.05, 0.1) is 17.2 Å². The highest BCUT2D eigenvalue weighted by Gasteiger charge is 2.18. The van der Waals surface area contributed by atoms with E-state index in [1.807, 2.05) is 6.07 Å². The van der Waals surface area contributed by atoms with E-state index in [9.17, 15) is 14.9 Å². The number of carbonyl (C=O) groups is 1. The van der Waals surface area contributed by atoms with Gasteiger partial charge in [-0.05, 0) is 34.1 Å². The number of aromatic nitrogens is 1. The maximum absolute atomic E-state index is 12.1. The number of nitriles is 1. The molecule has 1 N–H and O–H groups in total. The number of carbonyl (C=O) groups excluding carboxylic acids is 1. The lowest BCUT2D eigenvalue weighted by molar-refractivity contribution is -0.385. The molecule has 0 radical (unpaired) electrons. The third-order valence-corrected chi connectivity index (χ3v) is 3.77. The molecule has 0 fully saturated rings. The lowest BCUT2D eigenvalue weighted by atomic mass is 10.3. The molecule has 8 nitrogen and oxygen atoms in total. The summed E-state index contributed by atoms with van der Waals surface area (Å²) in [4.78, 5) is 27.7. The Balaban J connectivity index is 2.11. The van der Waals surface area contributed by atoms with Crippen LogP contribution in [0.1, 0.15) is 5.69 Å². The summed E-state index contributed by atoms with van der Waals surface area (Å²) in [7, 11) is 1.61. The molecule has 0 unspecified atom stereocenters. The first-order valence-corrected chi connectivity index (χ1v) is 7.52. The van der Waals surface area contributed by atoms with Crippen LogP contribution in [0.3, 0.4) is 0 Å². The molecule has 0 spiro atoms. The summed E-state index contributed by atoms with van der Waals surface area (Å²) in [5.41, 5.74) is -0.0341. The van der Waals surface area contributed by atoms with Crippen LogP contribution in [0.15, 0.2) is 40.9 Å². The average Bonchev–Trinajstić information content (AvgIpc) is 2.56. The van der Waals surface area contributed by atoms with Gasteiger partial charge in [-0.15, -0.1) is 0 Å². The highest BCUT2D eigenvalue weighted by molar-refractivity contribution is 9.10. The Hall–Kier alpha value is -2.99. The van der Waals surface area contributed by atoms with Crippen molar-refractivity contribution >= 4 is 39.0 Å². The number of pyridine rings is 1. The van der Waals surface area contributed by atoms with Crippen molar-refractivity contribution in [2.24, 2.45) is 0 Å². The van der Waals surface area contributed by atoms with Crippen LogP contribution >= 0.6 is 15.9 Å². The largest absolute Gasteiger partial charge is 0.350 e. The van der Waals surface area contributed by atoms with Gasteiger partial charge in [-0.25, -0.2) is 4.98 Å². The van der Waals surface area contributed by atoms with Crippen LogP contribution in [0.25, 0.3) is 0 Å². The van der Waals surface area contributed by atoms with Crippen molar-refractivity contribution in [3.63, 3.8) is 0 Å². The molecule has 0 bridgehead atoms. The first kappa shape index (κ1) is 17.4. The minimum atomic E-state index is -0.672. The minimum absolute atomic E-state index is 0.0307. The molecule has 0 atom stereocenters. The zero-order chi connectivity index (χ0) is 17.7. The number of amides is 1. The maximum atomic E-state index is 12.1. The van der Waals surface area contributed by atoms with Gasteiger partial charge in [-0.1, -0.05) is 12.1 Å². The minimum Gasteiger partial charge on any atom is -0.350 e. The number of hydrogen-bond acceptors (Lipinski definition) is 6. The number of rotatable bonds is 5. The number of hydrogen-bond donors (Lipinski definition) is 1. The zero-order valence-corrected chi connectivity index (χ0v) is 14.1. The topological polar surface area (TPSA) is 112 Å². The van der Waals surface area contributed by atoms with Crippen molar-refractivity contribution in [1.29, 1.82) is 5.26 Å². The number of nitro groups is 1. The van der Waals surface area contributed by atoms with Crippen LogP contribution in [0, 0.1) is 21.4 Å². The zero-order valence-electron chi connectivity index (χ0n) is 12.6. The van der Waals surface area contributed by atoms with Crippen LogP contribution in [0.2, 0.25) is 0 Å². The molecule has 0 saturated carbocycles. The molecule has 2 rings (SSSR count). The monoisotopic (exact) mass is 389 g/mol. The molecule has 122 valence electrons. The molecular formula is C15H12BrN5O3. The molecule has 9 heteroatoms. The molecule has 24 heavy (non-hydrogen) atoms. The van der Waals surface area contributed by atoms with Gasteiger partial charge >= 0.3 is 5.69 Å². The van der Waals surface area contributed by atoms with E-state index in [1.165, 1.54) is 17.0 Å². The van der Waals surface area contributed by atoms with Gasteiger partial charge in [-0.2, -0.15) is 5.26 Å². The van der Waals surface area contributed by atoms with Gasteiger partial charge in [0.15, 0.2) is 0 Å². The van der Waals surface area contributed by atoms with E-state index in [0.717, 1.165) is 4.47 Å². The standard InChI is InChI=1S/C15H12BrN5O3/c1-20(9-15(22)19-11-5-3-2-4-10(11)16)14-7-6-13(21(23)24)12(8-17)18-14/h2-7H,9H2,1H3,(H,19,22). The SMILES string of the molecule is CN(CC(=O)Nc1ccccc1Br)c1ccc([N+](=O)[O-])c(C#N)n1. The third-order valence-electron chi connectivity index (χ3n) is 3.08. The number of para-hydroxylation sites is 1. The third kappa shape index (κ3) is 4.05. The molecule has 1 aromatic heterocycles. The summed E-state index contributed by atoms with van der Waals surface area (Å²) in [6.45, 7) is -0.0307. The summed E-state index contributed by atoms with van der Waals surface area (Å²) in [6.07, 6.45) is 0. The first-order chi connectivity index (χ1) is 11.4. The predicted molar refractivity (Wildman–Crippen MR) is 91.6 cm³/mol. The van der Waals surface area contributed by atoms with Crippen molar-refractivity contribution in [2.75, 3.05) is 23.8 Å². The van der Waals surface area contributed by atoms with Gasteiger partial charge in [0.1, 0.15) is 11.9 Å². The second kappa shape index (κ2) is 7.52. The quantitative estimate of drug-likeness (QED) is 0.621. The van der Waals surface area contributed by atoms with Crippen molar-refractivity contribution < 1.29 is 9.72 Å². The Morgan fingerprint density at radius 1 is 1.42 bits per heavy atom. The average molecular weight is 390 g/mol. The van der Waals surface area contributed by atoms with Gasteiger partial charge in [0.2, 0.25) is 11.6 Å². The smallest absolute Gasteiger partial charge is 0.305 e. The highest BCUT2D eigenvalue weighted by Crippen LogP contribution is 2.22. The molecular weight excluding hydrogens is 378 g/mol. The Labute approximate surface area is 146 Å². The fourth-order valence-corrected chi connectivity index (χ4v) is 2.32. The van der Waals surface area contributed by atoms with E-state index in [2.05, 4.69) is 26.2 Å². The Morgan fingerprint density at radius 2 is 2.12 bits per heavy atom. The number of benzene rings is 1. The van der Waals surface area contributed by atoms with Gasteiger partial charge in [-0.3, -0.25) is 14.9 Å². The Morgan fingerprint density at radius 3 is 2.75 bits per heavy atom. The molecule has 0 aliphatic rings. The number of anilines is 2. The number of halogens is 1. The van der Waals surface area contributed by atoms with Crippen LogP contribution in [-0.2, 0) is 4.79 Å². The first-order valence-electron chi connectivity index (χ1n) is 6.73. The lowest BCUT2D eigenvalue weighted by Gasteiger charge is -2.18. The summed E-state index contributed by atoms with van der Waals surface area (Å²) in [5.74, 6) is 0.00230. The van der Waals surface area contributed by atoms with Crippen LogP contribution in [0.4, 0.5) is 17.2 Å². The maximum Gasteiger partial charge on any atom is 0.305 e. The molecule has 1 aromatic carbocycles. The molecule has 0 aliphatic carbocycles. The normalized spacial score (nSPS) is 9.88. The van der Waals surface area contributed by atoms with E-state index in [4.69, 9.17) is 5.26 Å². The van der Waals surface area contributed by atoms with E-state index in [-0.39, 0.29) is 23.8 Å². The van der Waals surface area contributed by atoms with Crippen molar-refractivity contribution in [3.05, 3.63) is 56.7 Å². The molecule has 2 aromatic rings. The van der Waals surface area contributed by atoms with Crippen LogP contribution < -0.4 is 10.2 Å². The van der Waals surface area contributed by atoms with Crippen LogP contribution in [0.5, 0.6) is 0 Å². The van der Waals surface area contributed by atoms with E-state index < -0.39 is 4.92 Å². The van der Waals surface area contributed by atoms with Crippen molar-refractivity contribution in [1.82, 2.24) is 4.98 Å². The van der Waals surface area contributed by atoms with Crippen LogP contribution in [-0.4, -0.2) is 29.4 Å². The van der Waals surface area contributed by atoms with Gasteiger partial charge < -0.3 is 10.2 Å². The number of likely N-dealkylation sites (N-methyl/N-ethyl adjacent to an activating group) is 1. The van der Waals surface area contributed by atoms with E-state index in [0.29, 0.717) is 11.5 Å². The van der Waals surface area contributed by atoms with Gasteiger partial charge in [0, 0.05) is 17.6 Å². The second-order valence-corrected chi connectivity index (χ2v) is 5.64. The molecule has 1 heterocycles. The summed E-state index contributed by atoms with van der Waals surface area (Å²) >= 11 is 3.34. The van der Waals surface area contributed by atoms with Crippen molar-refractivity contribution in [3.8, 4) is 6.07 Å². The second-order valence-electron chi connectivity index (χ2n) is 4.79. The molecule has 1 amide bonds. The summed E-state index contributed by atoms with van der Waals surface area (Å²) in [5, 5.41) is 22.5. The Bertz CT molecular complexity index is 834. The van der Waals surface area contributed by atoms with Crippen molar-refractivity contribution in [2.45, 2.75) is 0 Å². The fourth-order valence-electron chi connectivity index (χ4n) is 1.93. The molecule has 0 aliphatic heterocycles. The fraction of sp³-hybridized carbons (Fsp3) is 0.133. The van der Waals surface area contributed by atoms with E-state index in [1.54, 1.807) is 31.3 Å². The predicted octanol–water partition coefficient (Wildman–Crippen LogP) is 2.70. The van der Waals surface area contributed by atoms with Gasteiger partial charge in [0.25, 0.3) is 0 Å². The van der Waals surface area contributed by atoms with E-state index >= 15 is 0 Å². The summed E-state index contributed by atoms with van der Waals surface area (Å²) < 4.78 is 0.751. The number of nitrogens with one attached hydrogen (secondary N) is 1. The highest BCUT2D eigenvalue weighted by atomic mass is 79.9. The molecule has 0 saturated heterocycles. The Kier molecular flexibility index (Phi) is 5.44.